The zero-order valence-corrected chi connectivity index (χ0v) is 14.2. The van der Waals surface area contributed by atoms with Crippen molar-refractivity contribution in [3.8, 4) is 0 Å². The van der Waals surface area contributed by atoms with Crippen LogP contribution < -0.4 is 10.6 Å². The van der Waals surface area contributed by atoms with Gasteiger partial charge in [-0.25, -0.2) is 18.7 Å². The van der Waals surface area contributed by atoms with E-state index in [9.17, 15) is 13.6 Å². The molecule has 1 aromatic heterocycles. The Morgan fingerprint density at radius 3 is 2.42 bits per heavy atom. The molecule has 1 amide bonds. The van der Waals surface area contributed by atoms with Gasteiger partial charge in [0.15, 0.2) is 11.6 Å². The van der Waals surface area contributed by atoms with Gasteiger partial charge in [0, 0.05) is 29.8 Å². The first kappa shape index (κ1) is 17.5. The summed E-state index contributed by atoms with van der Waals surface area (Å²) in [6.45, 7) is 3.99. The molecule has 3 aromatic rings. The fourth-order valence-corrected chi connectivity index (χ4v) is 2.29. The van der Waals surface area contributed by atoms with E-state index in [1.807, 2.05) is 32.0 Å². The first-order valence-corrected chi connectivity index (χ1v) is 7.86. The Kier molecular flexibility index (Phi) is 4.88. The number of rotatable bonds is 4. The highest BCUT2D eigenvalue weighted by Gasteiger charge is 2.10. The topological polar surface area (TPSA) is 66.9 Å². The minimum Gasteiger partial charge on any atom is -0.324 e. The van der Waals surface area contributed by atoms with Crippen molar-refractivity contribution in [2.75, 3.05) is 10.6 Å². The van der Waals surface area contributed by atoms with Crippen molar-refractivity contribution in [3.05, 3.63) is 77.1 Å². The number of halogens is 2. The number of nitrogens with one attached hydrogen (secondary N) is 2. The van der Waals surface area contributed by atoms with Crippen molar-refractivity contribution in [1.29, 1.82) is 0 Å². The molecule has 0 spiro atoms. The first-order chi connectivity index (χ1) is 12.4. The maximum absolute atomic E-state index is 13.2. The number of amides is 1. The standard InChI is InChI=1S/C19H16F2N4O/c1-11-4-3-5-17(12(11)2)25-19-22-9-13(10-23-19)18(26)24-14-6-7-15(20)16(21)8-14/h3-10H,1-2H3,(H,24,26)(H,22,23,25). The van der Waals surface area contributed by atoms with Gasteiger partial charge < -0.3 is 10.6 Å². The summed E-state index contributed by atoms with van der Waals surface area (Å²) in [5, 5.41) is 5.56. The van der Waals surface area contributed by atoms with Gasteiger partial charge in [0.25, 0.3) is 5.91 Å². The molecule has 0 saturated carbocycles. The lowest BCUT2D eigenvalue weighted by Crippen LogP contribution is -2.13. The van der Waals surface area contributed by atoms with Crippen molar-refractivity contribution < 1.29 is 13.6 Å². The Labute approximate surface area is 149 Å². The number of nitrogens with zero attached hydrogens (tertiary/aromatic N) is 2. The second-order valence-corrected chi connectivity index (χ2v) is 5.75. The second kappa shape index (κ2) is 7.26. The van der Waals surface area contributed by atoms with E-state index in [0.717, 1.165) is 28.9 Å². The van der Waals surface area contributed by atoms with Crippen LogP contribution in [0.5, 0.6) is 0 Å². The number of aryl methyl sites for hydroxylation is 1. The van der Waals surface area contributed by atoms with Crippen LogP contribution in [0.4, 0.5) is 26.1 Å². The van der Waals surface area contributed by atoms with Crippen LogP contribution in [0.1, 0.15) is 21.5 Å². The van der Waals surface area contributed by atoms with E-state index in [2.05, 4.69) is 20.6 Å². The number of carbonyl (C=O) groups is 1. The zero-order valence-electron chi connectivity index (χ0n) is 14.2. The van der Waals surface area contributed by atoms with Gasteiger partial charge in [-0.05, 0) is 43.2 Å². The van der Waals surface area contributed by atoms with E-state index in [0.29, 0.717) is 5.95 Å². The Balaban J connectivity index is 1.71. The van der Waals surface area contributed by atoms with Crippen LogP contribution in [-0.2, 0) is 0 Å². The van der Waals surface area contributed by atoms with Crippen molar-refractivity contribution in [1.82, 2.24) is 9.97 Å². The number of hydrogen-bond donors (Lipinski definition) is 2. The van der Waals surface area contributed by atoms with Crippen LogP contribution in [-0.4, -0.2) is 15.9 Å². The Bertz CT molecular complexity index is 958. The molecule has 0 radical (unpaired) electrons. The van der Waals surface area contributed by atoms with Crippen LogP contribution in [0.25, 0.3) is 0 Å². The average Bonchev–Trinajstić information content (AvgIpc) is 2.63. The van der Waals surface area contributed by atoms with E-state index in [-0.39, 0.29) is 11.3 Å². The number of benzene rings is 2. The summed E-state index contributed by atoms with van der Waals surface area (Å²) in [4.78, 5) is 20.4. The Morgan fingerprint density at radius 1 is 1.00 bits per heavy atom. The van der Waals surface area contributed by atoms with Gasteiger partial charge in [0.05, 0.1) is 5.56 Å². The third-order valence-electron chi connectivity index (χ3n) is 3.94. The van der Waals surface area contributed by atoms with Crippen molar-refractivity contribution >= 4 is 23.2 Å². The molecule has 3 rings (SSSR count). The molecule has 0 fully saturated rings. The molecule has 0 unspecified atom stereocenters. The molecule has 2 aromatic carbocycles. The summed E-state index contributed by atoms with van der Waals surface area (Å²) in [5.41, 5.74) is 3.44. The predicted octanol–water partition coefficient (Wildman–Crippen LogP) is 4.37. The highest BCUT2D eigenvalue weighted by molar-refractivity contribution is 6.03. The molecule has 132 valence electrons. The van der Waals surface area contributed by atoms with Crippen molar-refractivity contribution in [2.45, 2.75) is 13.8 Å². The number of hydrogen-bond acceptors (Lipinski definition) is 4. The SMILES string of the molecule is Cc1cccc(Nc2ncc(C(=O)Nc3ccc(F)c(F)c3)cn2)c1C. The maximum atomic E-state index is 13.2. The molecule has 5 nitrogen and oxygen atoms in total. The largest absolute Gasteiger partial charge is 0.324 e. The van der Waals surface area contributed by atoms with Gasteiger partial charge in [-0.1, -0.05) is 12.1 Å². The van der Waals surface area contributed by atoms with Crippen molar-refractivity contribution in [3.63, 3.8) is 0 Å². The lowest BCUT2D eigenvalue weighted by molar-refractivity contribution is 0.102. The van der Waals surface area contributed by atoms with E-state index >= 15 is 0 Å². The average molecular weight is 354 g/mol. The molecule has 0 aliphatic heterocycles. The van der Waals surface area contributed by atoms with Gasteiger partial charge >= 0.3 is 0 Å². The summed E-state index contributed by atoms with van der Waals surface area (Å²) in [7, 11) is 0. The fraction of sp³-hybridized carbons (Fsp3) is 0.105. The fourth-order valence-electron chi connectivity index (χ4n) is 2.29. The van der Waals surface area contributed by atoms with Gasteiger partial charge in [-0.2, -0.15) is 0 Å². The van der Waals surface area contributed by atoms with E-state index in [4.69, 9.17) is 0 Å². The lowest BCUT2D eigenvalue weighted by Gasteiger charge is -2.10. The van der Waals surface area contributed by atoms with E-state index < -0.39 is 17.5 Å². The molecule has 0 atom stereocenters. The van der Waals surface area contributed by atoms with Crippen LogP contribution in [0.3, 0.4) is 0 Å². The van der Waals surface area contributed by atoms with Gasteiger partial charge in [-0.15, -0.1) is 0 Å². The maximum Gasteiger partial charge on any atom is 0.258 e. The minimum absolute atomic E-state index is 0.145. The molecule has 1 heterocycles. The molecule has 0 aliphatic rings. The molecule has 26 heavy (non-hydrogen) atoms. The monoisotopic (exact) mass is 354 g/mol. The molecule has 0 saturated heterocycles. The summed E-state index contributed by atoms with van der Waals surface area (Å²) >= 11 is 0. The van der Waals surface area contributed by atoms with Crippen LogP contribution in [0.2, 0.25) is 0 Å². The number of aromatic nitrogens is 2. The molecular formula is C19H16F2N4O. The van der Waals surface area contributed by atoms with Crippen LogP contribution in [0, 0.1) is 25.5 Å². The molecular weight excluding hydrogens is 338 g/mol. The quantitative estimate of drug-likeness (QED) is 0.730. The van der Waals surface area contributed by atoms with Crippen LogP contribution >= 0.6 is 0 Å². The number of anilines is 3. The van der Waals surface area contributed by atoms with Crippen LogP contribution in [0.15, 0.2) is 48.8 Å². The van der Waals surface area contributed by atoms with E-state index in [1.54, 1.807) is 0 Å². The highest BCUT2D eigenvalue weighted by atomic mass is 19.2. The van der Waals surface area contributed by atoms with Gasteiger partial charge in [0.2, 0.25) is 5.95 Å². The Hall–Kier alpha value is -3.35. The summed E-state index contributed by atoms with van der Waals surface area (Å²) in [5.74, 6) is -2.18. The Morgan fingerprint density at radius 2 is 1.73 bits per heavy atom. The zero-order chi connectivity index (χ0) is 18.7. The molecule has 7 heteroatoms. The third-order valence-corrected chi connectivity index (χ3v) is 3.94. The normalized spacial score (nSPS) is 10.5. The molecule has 0 aliphatic carbocycles. The minimum atomic E-state index is -1.04. The summed E-state index contributed by atoms with van der Waals surface area (Å²) < 4.78 is 26.1. The highest BCUT2D eigenvalue weighted by Crippen LogP contribution is 2.21. The van der Waals surface area contributed by atoms with E-state index in [1.165, 1.54) is 18.5 Å². The third kappa shape index (κ3) is 3.83. The predicted molar refractivity (Wildman–Crippen MR) is 95.5 cm³/mol. The number of carbonyl (C=O) groups excluding carboxylic acids is 1. The summed E-state index contributed by atoms with van der Waals surface area (Å²) in [6, 6.07) is 8.97. The molecule has 2 N–H and O–H groups in total. The lowest BCUT2D eigenvalue weighted by atomic mass is 10.1. The smallest absolute Gasteiger partial charge is 0.258 e. The first-order valence-electron chi connectivity index (χ1n) is 7.86. The second-order valence-electron chi connectivity index (χ2n) is 5.75. The van der Waals surface area contributed by atoms with Crippen molar-refractivity contribution in [2.24, 2.45) is 0 Å². The summed E-state index contributed by atoms with van der Waals surface area (Å²) in [6.07, 6.45) is 2.71. The van der Waals surface area contributed by atoms with Gasteiger partial charge in [0.1, 0.15) is 0 Å². The molecule has 0 bridgehead atoms. The van der Waals surface area contributed by atoms with Gasteiger partial charge in [-0.3, -0.25) is 4.79 Å².